The van der Waals surface area contributed by atoms with Gasteiger partial charge in [0.15, 0.2) is 0 Å². The Morgan fingerprint density at radius 3 is 2.05 bits per heavy atom. The third kappa shape index (κ3) is 6.33. The van der Waals surface area contributed by atoms with Gasteiger partial charge in [-0.05, 0) is 25.3 Å². The summed E-state index contributed by atoms with van der Waals surface area (Å²) < 4.78 is 0. The molecule has 0 amide bonds. The summed E-state index contributed by atoms with van der Waals surface area (Å²) in [6, 6.07) is 9.59. The number of rotatable bonds is 3. The van der Waals surface area contributed by atoms with E-state index in [1.165, 1.54) is 36.8 Å². The minimum atomic E-state index is -1.82. The smallest absolute Gasteiger partial charge is 0.414 e. The highest BCUT2D eigenvalue weighted by Gasteiger charge is 2.13. The minimum absolute atomic E-state index is 0.774. The number of hydrogen-bond acceptors (Lipinski definition) is 3. The van der Waals surface area contributed by atoms with Crippen LogP contribution < -0.4 is 5.32 Å². The van der Waals surface area contributed by atoms with Crippen molar-refractivity contribution in [1.29, 1.82) is 0 Å². The van der Waals surface area contributed by atoms with Crippen LogP contribution >= 0.6 is 0 Å². The van der Waals surface area contributed by atoms with E-state index in [1.54, 1.807) is 0 Å². The molecule has 20 heavy (non-hydrogen) atoms. The Bertz CT molecular complexity index is 424. The van der Waals surface area contributed by atoms with Gasteiger partial charge in [-0.15, -0.1) is 0 Å². The molecule has 0 saturated heterocycles. The fraction of sp³-hybridized carbons (Fsp3) is 0.467. The van der Waals surface area contributed by atoms with Gasteiger partial charge in [0.25, 0.3) is 0 Å². The van der Waals surface area contributed by atoms with E-state index in [-0.39, 0.29) is 0 Å². The number of carboxylic acids is 2. The average Bonchev–Trinajstić information content (AvgIpc) is 2.92. The second-order valence-electron chi connectivity index (χ2n) is 4.96. The molecule has 0 spiro atoms. The van der Waals surface area contributed by atoms with Crippen LogP contribution in [0.4, 0.5) is 0 Å². The van der Waals surface area contributed by atoms with Crippen LogP contribution in [0.1, 0.15) is 36.8 Å². The zero-order valence-electron chi connectivity index (χ0n) is 11.6. The van der Waals surface area contributed by atoms with Gasteiger partial charge in [-0.25, -0.2) is 9.59 Å². The van der Waals surface area contributed by atoms with Crippen LogP contribution in [-0.2, 0) is 16.1 Å². The summed E-state index contributed by atoms with van der Waals surface area (Å²) in [5.41, 5.74) is 2.75. The number of carbonyl (C=O) groups is 2. The highest BCUT2D eigenvalue weighted by Crippen LogP contribution is 2.18. The Morgan fingerprint density at radius 2 is 1.60 bits per heavy atom. The quantitative estimate of drug-likeness (QED) is 0.738. The van der Waals surface area contributed by atoms with Crippen molar-refractivity contribution in [2.24, 2.45) is 0 Å². The molecule has 0 aliphatic heterocycles. The van der Waals surface area contributed by atoms with E-state index >= 15 is 0 Å². The third-order valence-corrected chi connectivity index (χ3v) is 3.25. The van der Waals surface area contributed by atoms with Crippen molar-refractivity contribution in [3.8, 4) is 0 Å². The largest absolute Gasteiger partial charge is 0.473 e. The first-order chi connectivity index (χ1) is 9.49. The van der Waals surface area contributed by atoms with Crippen LogP contribution in [0.5, 0.6) is 0 Å². The number of aryl methyl sites for hydroxylation is 1. The highest BCUT2D eigenvalue weighted by atomic mass is 16.4. The average molecular weight is 279 g/mol. The minimum Gasteiger partial charge on any atom is -0.473 e. The maximum atomic E-state index is 9.10. The molecule has 0 heterocycles. The van der Waals surface area contributed by atoms with Crippen LogP contribution in [0, 0.1) is 6.92 Å². The van der Waals surface area contributed by atoms with E-state index in [4.69, 9.17) is 19.8 Å². The van der Waals surface area contributed by atoms with Gasteiger partial charge in [0, 0.05) is 12.6 Å². The van der Waals surface area contributed by atoms with Crippen molar-refractivity contribution < 1.29 is 19.8 Å². The van der Waals surface area contributed by atoms with E-state index < -0.39 is 11.9 Å². The molecule has 1 saturated carbocycles. The first-order valence-corrected chi connectivity index (χ1v) is 6.74. The standard InChI is InChI=1S/C13H19N.C2H2O4/c1-11-6-8-12(9-7-11)10-14-13-4-2-3-5-13;3-1(4)2(5)6/h6-9,13-14H,2-5,10H2,1H3;(H,3,4)(H,5,6). The van der Waals surface area contributed by atoms with Crippen LogP contribution in [-0.4, -0.2) is 28.2 Å². The first kappa shape index (κ1) is 16.2. The summed E-state index contributed by atoms with van der Waals surface area (Å²) in [5.74, 6) is -3.65. The lowest BCUT2D eigenvalue weighted by Crippen LogP contribution is -2.25. The maximum absolute atomic E-state index is 9.10. The second-order valence-corrected chi connectivity index (χ2v) is 4.96. The zero-order valence-corrected chi connectivity index (χ0v) is 11.6. The van der Waals surface area contributed by atoms with Gasteiger partial charge in [0.1, 0.15) is 0 Å². The number of benzene rings is 1. The molecular formula is C15H21NO4. The fourth-order valence-electron chi connectivity index (χ4n) is 2.10. The van der Waals surface area contributed by atoms with Crippen LogP contribution in [0.3, 0.4) is 0 Å². The van der Waals surface area contributed by atoms with Gasteiger partial charge >= 0.3 is 11.9 Å². The van der Waals surface area contributed by atoms with Gasteiger partial charge in [0.2, 0.25) is 0 Å². The summed E-state index contributed by atoms with van der Waals surface area (Å²) in [6.07, 6.45) is 5.55. The molecule has 2 rings (SSSR count). The SMILES string of the molecule is Cc1ccc(CNC2CCCC2)cc1.O=C(O)C(=O)O. The van der Waals surface area contributed by atoms with Crippen LogP contribution in [0.2, 0.25) is 0 Å². The van der Waals surface area contributed by atoms with Crippen molar-refractivity contribution in [2.75, 3.05) is 0 Å². The molecule has 0 bridgehead atoms. The third-order valence-electron chi connectivity index (χ3n) is 3.25. The molecule has 3 N–H and O–H groups in total. The van der Waals surface area contributed by atoms with Gasteiger partial charge in [0.05, 0.1) is 0 Å². The predicted octanol–water partition coefficient (Wildman–Crippen LogP) is 2.18. The molecule has 1 fully saturated rings. The van der Waals surface area contributed by atoms with Crippen LogP contribution in [0.15, 0.2) is 24.3 Å². The second kappa shape index (κ2) is 8.32. The zero-order chi connectivity index (χ0) is 15.0. The molecule has 0 radical (unpaired) electrons. The van der Waals surface area contributed by atoms with E-state index in [2.05, 4.69) is 36.5 Å². The van der Waals surface area contributed by atoms with Crippen LogP contribution in [0.25, 0.3) is 0 Å². The predicted molar refractivity (Wildman–Crippen MR) is 75.5 cm³/mol. The van der Waals surface area contributed by atoms with Crippen molar-refractivity contribution in [3.05, 3.63) is 35.4 Å². The molecule has 1 aliphatic rings. The van der Waals surface area contributed by atoms with Gasteiger partial charge in [-0.3, -0.25) is 0 Å². The monoisotopic (exact) mass is 279 g/mol. The number of nitrogens with one attached hydrogen (secondary N) is 1. The van der Waals surface area contributed by atoms with E-state index in [0.717, 1.165) is 12.6 Å². The molecule has 5 heteroatoms. The van der Waals surface area contributed by atoms with E-state index in [9.17, 15) is 0 Å². The number of aliphatic carboxylic acids is 2. The van der Waals surface area contributed by atoms with Crippen molar-refractivity contribution in [3.63, 3.8) is 0 Å². The molecule has 5 nitrogen and oxygen atoms in total. The molecular weight excluding hydrogens is 258 g/mol. The van der Waals surface area contributed by atoms with E-state index in [0.29, 0.717) is 0 Å². The highest BCUT2D eigenvalue weighted by molar-refractivity contribution is 6.27. The lowest BCUT2D eigenvalue weighted by atomic mass is 10.1. The molecule has 1 aromatic rings. The number of hydrogen-bond donors (Lipinski definition) is 3. The maximum Gasteiger partial charge on any atom is 0.414 e. The fourth-order valence-corrected chi connectivity index (χ4v) is 2.10. The van der Waals surface area contributed by atoms with Gasteiger partial charge in [-0.1, -0.05) is 42.7 Å². The summed E-state index contributed by atoms with van der Waals surface area (Å²) in [5, 5.41) is 18.4. The number of carboxylic acid groups (broad SMARTS) is 2. The molecule has 0 atom stereocenters. The Kier molecular flexibility index (Phi) is 6.73. The Morgan fingerprint density at radius 1 is 1.10 bits per heavy atom. The first-order valence-electron chi connectivity index (χ1n) is 6.74. The summed E-state index contributed by atoms with van der Waals surface area (Å²) >= 11 is 0. The molecule has 0 aromatic heterocycles. The molecule has 0 unspecified atom stereocenters. The molecule has 110 valence electrons. The summed E-state index contributed by atoms with van der Waals surface area (Å²) in [4.78, 5) is 18.2. The summed E-state index contributed by atoms with van der Waals surface area (Å²) in [6.45, 7) is 3.17. The Labute approximate surface area is 118 Å². The normalized spacial score (nSPS) is 14.4. The van der Waals surface area contributed by atoms with Crippen molar-refractivity contribution in [1.82, 2.24) is 5.32 Å². The van der Waals surface area contributed by atoms with Gasteiger partial charge < -0.3 is 15.5 Å². The Hall–Kier alpha value is -1.88. The van der Waals surface area contributed by atoms with E-state index in [1.807, 2.05) is 0 Å². The lowest BCUT2D eigenvalue weighted by molar-refractivity contribution is -0.159. The topological polar surface area (TPSA) is 86.6 Å². The summed E-state index contributed by atoms with van der Waals surface area (Å²) in [7, 11) is 0. The lowest BCUT2D eigenvalue weighted by Gasteiger charge is -2.11. The van der Waals surface area contributed by atoms with Crippen molar-refractivity contribution >= 4 is 11.9 Å². The molecule has 1 aromatic carbocycles. The van der Waals surface area contributed by atoms with Crippen molar-refractivity contribution in [2.45, 2.75) is 45.2 Å². The molecule has 1 aliphatic carbocycles. The van der Waals surface area contributed by atoms with Gasteiger partial charge in [-0.2, -0.15) is 0 Å². The Balaban J connectivity index is 0.000000286.